The number of fused-ring (bicyclic) bond motifs is 1. The molecule has 0 aliphatic carbocycles. The van der Waals surface area contributed by atoms with Crippen LogP contribution in [0, 0.1) is 0 Å². The van der Waals surface area contributed by atoms with Crippen LogP contribution in [0.2, 0.25) is 0 Å². The Balaban J connectivity index is 1.51. The lowest BCUT2D eigenvalue weighted by molar-refractivity contribution is -0.137. The van der Waals surface area contributed by atoms with Crippen LogP contribution in [-0.4, -0.2) is 41.7 Å². The SMILES string of the molecule is C[C@H]1C(=O)N(CCc2ccccc2)Cc2nnc(Cn3ccnc3)n21. The maximum Gasteiger partial charge on any atom is 0.245 e. The summed E-state index contributed by atoms with van der Waals surface area (Å²) in [5.74, 6) is 1.75. The molecule has 25 heavy (non-hydrogen) atoms. The van der Waals surface area contributed by atoms with Crippen LogP contribution in [0.3, 0.4) is 0 Å². The van der Waals surface area contributed by atoms with Crippen LogP contribution in [0.15, 0.2) is 49.1 Å². The van der Waals surface area contributed by atoms with Gasteiger partial charge in [0.2, 0.25) is 5.91 Å². The Morgan fingerprint density at radius 2 is 2.04 bits per heavy atom. The highest BCUT2D eigenvalue weighted by Crippen LogP contribution is 2.23. The van der Waals surface area contributed by atoms with Crippen LogP contribution in [-0.2, 0) is 24.3 Å². The summed E-state index contributed by atoms with van der Waals surface area (Å²) in [5, 5.41) is 8.61. The third-order valence-electron chi connectivity index (χ3n) is 4.62. The molecule has 1 atom stereocenters. The largest absolute Gasteiger partial charge is 0.333 e. The molecule has 0 radical (unpaired) electrons. The molecular formula is C18H20N6O. The molecule has 4 rings (SSSR count). The second-order valence-corrected chi connectivity index (χ2v) is 6.31. The summed E-state index contributed by atoms with van der Waals surface area (Å²) in [5.41, 5.74) is 1.23. The summed E-state index contributed by atoms with van der Waals surface area (Å²) in [6, 6.07) is 9.94. The number of carbonyl (C=O) groups is 1. The van der Waals surface area contributed by atoms with Gasteiger partial charge >= 0.3 is 0 Å². The van der Waals surface area contributed by atoms with Crippen molar-refractivity contribution in [2.45, 2.75) is 32.5 Å². The second-order valence-electron chi connectivity index (χ2n) is 6.31. The third-order valence-corrected chi connectivity index (χ3v) is 4.62. The van der Waals surface area contributed by atoms with Gasteiger partial charge in [-0.1, -0.05) is 30.3 Å². The molecule has 1 aliphatic rings. The smallest absolute Gasteiger partial charge is 0.245 e. The molecule has 1 aromatic carbocycles. The minimum atomic E-state index is -0.284. The molecule has 0 unspecified atom stereocenters. The first kappa shape index (κ1) is 15.6. The average molecular weight is 336 g/mol. The minimum absolute atomic E-state index is 0.120. The van der Waals surface area contributed by atoms with Gasteiger partial charge in [0, 0.05) is 18.9 Å². The zero-order valence-electron chi connectivity index (χ0n) is 14.1. The standard InChI is InChI=1S/C18H20N6O/c1-14-18(25)23(9-7-15-5-3-2-4-6-15)12-17-21-20-16(24(14)17)11-22-10-8-19-13-22/h2-6,8,10,13-14H,7,9,11-12H2,1H3/t14-/m0/s1. The van der Waals surface area contributed by atoms with E-state index in [1.807, 2.05) is 45.4 Å². The normalized spacial score (nSPS) is 16.9. The number of benzene rings is 1. The number of aromatic nitrogens is 5. The number of amides is 1. The summed E-state index contributed by atoms with van der Waals surface area (Å²) >= 11 is 0. The highest BCUT2D eigenvalue weighted by atomic mass is 16.2. The number of nitrogens with zero attached hydrogens (tertiary/aromatic N) is 6. The Morgan fingerprint density at radius 1 is 1.20 bits per heavy atom. The van der Waals surface area contributed by atoms with Gasteiger partial charge in [-0.3, -0.25) is 9.36 Å². The number of hydrogen-bond donors (Lipinski definition) is 0. The first-order chi connectivity index (χ1) is 12.2. The van der Waals surface area contributed by atoms with Gasteiger partial charge < -0.3 is 9.47 Å². The summed E-state index contributed by atoms with van der Waals surface area (Å²) in [6.07, 6.45) is 6.19. The fourth-order valence-electron chi connectivity index (χ4n) is 3.29. The molecule has 0 bridgehead atoms. The molecule has 0 saturated carbocycles. The zero-order valence-corrected chi connectivity index (χ0v) is 14.1. The topological polar surface area (TPSA) is 68.8 Å². The Morgan fingerprint density at radius 3 is 2.80 bits per heavy atom. The van der Waals surface area contributed by atoms with Crippen LogP contribution in [0.25, 0.3) is 0 Å². The van der Waals surface area contributed by atoms with E-state index >= 15 is 0 Å². The van der Waals surface area contributed by atoms with Gasteiger partial charge in [-0.15, -0.1) is 10.2 Å². The predicted octanol–water partition coefficient (Wildman–Crippen LogP) is 1.67. The minimum Gasteiger partial charge on any atom is -0.333 e. The molecule has 2 aromatic heterocycles. The van der Waals surface area contributed by atoms with Crippen molar-refractivity contribution in [3.8, 4) is 0 Å². The molecule has 7 nitrogen and oxygen atoms in total. The van der Waals surface area contributed by atoms with Crippen molar-refractivity contribution in [3.63, 3.8) is 0 Å². The van der Waals surface area contributed by atoms with Crippen molar-refractivity contribution in [2.75, 3.05) is 6.54 Å². The van der Waals surface area contributed by atoms with E-state index in [0.717, 1.165) is 18.1 Å². The van der Waals surface area contributed by atoms with E-state index in [1.165, 1.54) is 5.56 Å². The van der Waals surface area contributed by atoms with Crippen molar-refractivity contribution >= 4 is 5.91 Å². The fourth-order valence-corrected chi connectivity index (χ4v) is 3.29. The molecule has 0 fully saturated rings. The molecule has 0 saturated heterocycles. The third kappa shape index (κ3) is 3.05. The van der Waals surface area contributed by atoms with Crippen LogP contribution in [0.4, 0.5) is 0 Å². The summed E-state index contributed by atoms with van der Waals surface area (Å²) in [4.78, 5) is 18.7. The van der Waals surface area contributed by atoms with Crippen molar-refractivity contribution in [1.29, 1.82) is 0 Å². The van der Waals surface area contributed by atoms with Gasteiger partial charge in [-0.25, -0.2) is 4.98 Å². The number of carbonyl (C=O) groups excluding carboxylic acids is 1. The first-order valence-corrected chi connectivity index (χ1v) is 8.43. The predicted molar refractivity (Wildman–Crippen MR) is 91.6 cm³/mol. The fraction of sp³-hybridized carbons (Fsp3) is 0.333. The van der Waals surface area contributed by atoms with Crippen molar-refractivity contribution < 1.29 is 4.79 Å². The Labute approximate surface area is 145 Å². The number of rotatable bonds is 5. The highest BCUT2D eigenvalue weighted by Gasteiger charge is 2.32. The monoisotopic (exact) mass is 336 g/mol. The molecular weight excluding hydrogens is 316 g/mol. The van der Waals surface area contributed by atoms with Gasteiger partial charge in [0.15, 0.2) is 11.6 Å². The molecule has 1 amide bonds. The Hall–Kier alpha value is -2.96. The maximum absolute atomic E-state index is 12.8. The lowest BCUT2D eigenvalue weighted by Crippen LogP contribution is -2.43. The van der Waals surface area contributed by atoms with Crippen molar-refractivity contribution in [3.05, 3.63) is 66.3 Å². The Kier molecular flexibility index (Phi) is 4.05. The van der Waals surface area contributed by atoms with E-state index in [2.05, 4.69) is 27.3 Å². The van der Waals surface area contributed by atoms with E-state index in [-0.39, 0.29) is 11.9 Å². The van der Waals surface area contributed by atoms with E-state index in [1.54, 1.807) is 12.5 Å². The quantitative estimate of drug-likeness (QED) is 0.711. The number of imidazole rings is 1. The molecule has 3 heterocycles. The van der Waals surface area contributed by atoms with Crippen LogP contribution in [0.1, 0.15) is 30.2 Å². The van der Waals surface area contributed by atoms with E-state index in [0.29, 0.717) is 19.6 Å². The van der Waals surface area contributed by atoms with Gasteiger partial charge in [0.25, 0.3) is 0 Å². The first-order valence-electron chi connectivity index (χ1n) is 8.43. The summed E-state index contributed by atoms with van der Waals surface area (Å²) in [7, 11) is 0. The lowest BCUT2D eigenvalue weighted by Gasteiger charge is -2.32. The molecule has 1 aliphatic heterocycles. The van der Waals surface area contributed by atoms with Crippen molar-refractivity contribution in [2.24, 2.45) is 0 Å². The van der Waals surface area contributed by atoms with Crippen LogP contribution < -0.4 is 0 Å². The van der Waals surface area contributed by atoms with Gasteiger partial charge in [-0.05, 0) is 18.9 Å². The van der Waals surface area contributed by atoms with Gasteiger partial charge in [0.05, 0.1) is 19.4 Å². The number of hydrogen-bond acceptors (Lipinski definition) is 4. The highest BCUT2D eigenvalue weighted by molar-refractivity contribution is 5.81. The summed E-state index contributed by atoms with van der Waals surface area (Å²) in [6.45, 7) is 3.68. The summed E-state index contributed by atoms with van der Waals surface area (Å²) < 4.78 is 3.89. The van der Waals surface area contributed by atoms with Crippen molar-refractivity contribution in [1.82, 2.24) is 29.2 Å². The molecule has 3 aromatic rings. The molecule has 0 N–H and O–H groups in total. The lowest BCUT2D eigenvalue weighted by atomic mass is 10.1. The van der Waals surface area contributed by atoms with E-state index in [4.69, 9.17) is 0 Å². The zero-order chi connectivity index (χ0) is 17.2. The van der Waals surface area contributed by atoms with E-state index < -0.39 is 0 Å². The van der Waals surface area contributed by atoms with Crippen LogP contribution in [0.5, 0.6) is 0 Å². The molecule has 7 heteroatoms. The van der Waals surface area contributed by atoms with E-state index in [9.17, 15) is 4.79 Å². The average Bonchev–Trinajstić information content (AvgIpc) is 3.28. The second kappa shape index (κ2) is 6.51. The Bertz CT molecular complexity index is 855. The molecule has 128 valence electrons. The van der Waals surface area contributed by atoms with Crippen LogP contribution >= 0.6 is 0 Å². The molecule has 0 spiro atoms. The van der Waals surface area contributed by atoms with Gasteiger partial charge in [0.1, 0.15) is 6.04 Å². The maximum atomic E-state index is 12.8. The van der Waals surface area contributed by atoms with Gasteiger partial charge in [-0.2, -0.15) is 0 Å².